The van der Waals surface area contributed by atoms with Crippen molar-refractivity contribution < 1.29 is 40.6 Å². The monoisotopic (exact) mass is 409 g/mol. The summed E-state index contributed by atoms with van der Waals surface area (Å²) < 4.78 is 94.1. The molecular weight excluding hydrogens is 397 g/mol. The molecule has 1 saturated carbocycles. The quantitative estimate of drug-likeness (QED) is 0.452. The third kappa shape index (κ3) is 3.44. The van der Waals surface area contributed by atoms with Gasteiger partial charge in [0.2, 0.25) is 15.8 Å². The first-order valence-electron chi connectivity index (χ1n) is 7.59. The van der Waals surface area contributed by atoms with Crippen LogP contribution in [0.3, 0.4) is 0 Å². The number of halogens is 5. The van der Waals surface area contributed by atoms with Gasteiger partial charge in [-0.1, -0.05) is 0 Å². The summed E-state index contributed by atoms with van der Waals surface area (Å²) in [5.74, 6) is -12.9. The van der Waals surface area contributed by atoms with Crippen molar-refractivity contribution >= 4 is 10.0 Å². The zero-order chi connectivity index (χ0) is 20.1. The molecule has 0 spiro atoms. The normalized spacial score (nSPS) is 14.7. The Morgan fingerprint density at radius 1 is 0.852 bits per heavy atom. The van der Waals surface area contributed by atoms with E-state index in [1.165, 1.54) is 0 Å². The van der Waals surface area contributed by atoms with Crippen LogP contribution in [0.4, 0.5) is 22.0 Å². The molecule has 5 nitrogen and oxygen atoms in total. The van der Waals surface area contributed by atoms with Gasteiger partial charge in [0.25, 0.3) is 0 Å². The number of sulfonamides is 1. The first-order valence-corrected chi connectivity index (χ1v) is 9.03. The van der Waals surface area contributed by atoms with Gasteiger partial charge in [0, 0.05) is 18.7 Å². The van der Waals surface area contributed by atoms with Gasteiger partial charge in [-0.2, -0.15) is 4.31 Å². The molecule has 0 amide bonds. The number of hydrogen-bond acceptors (Lipinski definition) is 4. The first kappa shape index (κ1) is 19.4. The average Bonchev–Trinajstić information content (AvgIpc) is 3.40. The zero-order valence-corrected chi connectivity index (χ0v) is 14.2. The molecule has 0 atom stereocenters. The molecule has 146 valence electrons. The van der Waals surface area contributed by atoms with E-state index in [0.29, 0.717) is 17.1 Å². The van der Waals surface area contributed by atoms with Crippen LogP contribution in [-0.2, 0) is 16.6 Å². The van der Waals surface area contributed by atoms with E-state index in [9.17, 15) is 40.6 Å². The topological polar surface area (TPSA) is 77.8 Å². The highest BCUT2D eigenvalue weighted by atomic mass is 32.2. The first-order chi connectivity index (χ1) is 12.5. The van der Waals surface area contributed by atoms with Gasteiger partial charge in [0.05, 0.1) is 0 Å². The Bertz CT molecular complexity index is 975. The fraction of sp³-hybridized carbons (Fsp3) is 0.250. The fourth-order valence-corrected chi connectivity index (χ4v) is 4.42. The number of phenols is 2. The van der Waals surface area contributed by atoms with Gasteiger partial charge in [-0.05, 0) is 30.5 Å². The number of phenolic OH excluding ortho intramolecular Hbond substituents is 2. The molecule has 0 unspecified atom stereocenters. The molecule has 1 aliphatic carbocycles. The van der Waals surface area contributed by atoms with Crippen LogP contribution in [0.2, 0.25) is 0 Å². The molecule has 2 aromatic rings. The lowest BCUT2D eigenvalue weighted by Crippen LogP contribution is -2.34. The van der Waals surface area contributed by atoms with Crippen LogP contribution >= 0.6 is 0 Å². The molecule has 0 radical (unpaired) electrons. The van der Waals surface area contributed by atoms with Crippen LogP contribution in [-0.4, -0.2) is 29.0 Å². The summed E-state index contributed by atoms with van der Waals surface area (Å²) in [6.07, 6.45) is 0.638. The summed E-state index contributed by atoms with van der Waals surface area (Å²) in [5.41, 5.74) is 0.0619. The van der Waals surface area contributed by atoms with Gasteiger partial charge in [-0.15, -0.1) is 0 Å². The highest BCUT2D eigenvalue weighted by Crippen LogP contribution is 2.37. The SMILES string of the molecule is O=S(=O)(c1c(F)c(F)c(F)c(F)c1F)N(Cc1cc(O)cc(O)c1)C1CC1. The minimum absolute atomic E-state index is 0.0619. The van der Waals surface area contributed by atoms with Crippen molar-refractivity contribution in [3.8, 4) is 11.5 Å². The predicted octanol–water partition coefficient (Wildman–Crippen LogP) is 3.15. The van der Waals surface area contributed by atoms with Crippen molar-refractivity contribution in [2.75, 3.05) is 0 Å². The molecule has 1 fully saturated rings. The molecule has 1 aliphatic rings. The average molecular weight is 409 g/mol. The minimum atomic E-state index is -5.11. The number of nitrogens with zero attached hydrogens (tertiary/aromatic N) is 1. The second-order valence-corrected chi connectivity index (χ2v) is 7.87. The van der Waals surface area contributed by atoms with Crippen molar-refractivity contribution in [1.82, 2.24) is 4.31 Å². The Hall–Kier alpha value is -2.40. The van der Waals surface area contributed by atoms with Crippen LogP contribution in [0.15, 0.2) is 23.1 Å². The van der Waals surface area contributed by atoms with E-state index < -0.39 is 68.1 Å². The Balaban J connectivity index is 2.11. The second-order valence-electron chi connectivity index (χ2n) is 6.04. The van der Waals surface area contributed by atoms with Crippen molar-refractivity contribution in [2.45, 2.75) is 30.3 Å². The second kappa shape index (κ2) is 6.64. The summed E-state index contributed by atoms with van der Waals surface area (Å²) in [6.45, 7) is -0.547. The fourth-order valence-electron chi connectivity index (χ4n) is 2.63. The predicted molar refractivity (Wildman–Crippen MR) is 81.8 cm³/mol. The lowest BCUT2D eigenvalue weighted by atomic mass is 10.2. The molecular formula is C16H12F5NO4S. The van der Waals surface area contributed by atoms with Gasteiger partial charge in [0.1, 0.15) is 11.5 Å². The lowest BCUT2D eigenvalue weighted by molar-refractivity contribution is 0.345. The highest BCUT2D eigenvalue weighted by Gasteiger charge is 2.43. The summed E-state index contributed by atoms with van der Waals surface area (Å²) in [7, 11) is -5.11. The van der Waals surface area contributed by atoms with Crippen molar-refractivity contribution in [3.05, 3.63) is 52.8 Å². The molecule has 0 heterocycles. The Kier molecular flexibility index (Phi) is 4.76. The summed E-state index contributed by atoms with van der Waals surface area (Å²) in [5, 5.41) is 19.0. The zero-order valence-electron chi connectivity index (χ0n) is 13.4. The van der Waals surface area contributed by atoms with Crippen molar-refractivity contribution in [1.29, 1.82) is 0 Å². The van der Waals surface area contributed by atoms with Crippen molar-refractivity contribution in [3.63, 3.8) is 0 Å². The standard InChI is InChI=1S/C16H12F5NO4S/c17-11-12(18)14(20)16(15(21)13(11)19)27(25,26)22(8-1-2-8)6-7-3-9(23)5-10(24)4-7/h3-5,8,23-24H,1-2,6H2. The van der Waals surface area contributed by atoms with E-state index in [1.807, 2.05) is 0 Å². The molecule has 2 N–H and O–H groups in total. The molecule has 0 saturated heterocycles. The van der Waals surface area contributed by atoms with Gasteiger partial charge in [0.15, 0.2) is 28.2 Å². The smallest absolute Gasteiger partial charge is 0.249 e. The Labute approximate surface area is 150 Å². The van der Waals surface area contributed by atoms with Crippen LogP contribution in [0.1, 0.15) is 18.4 Å². The summed E-state index contributed by atoms with van der Waals surface area (Å²) >= 11 is 0. The summed E-state index contributed by atoms with van der Waals surface area (Å²) in [4.78, 5) is -1.94. The van der Waals surface area contributed by atoms with E-state index in [1.54, 1.807) is 0 Å². The maximum Gasteiger partial charge on any atom is 0.249 e. The van der Waals surface area contributed by atoms with Crippen LogP contribution in [0.25, 0.3) is 0 Å². The molecule has 11 heteroatoms. The Morgan fingerprint density at radius 3 is 1.74 bits per heavy atom. The van der Waals surface area contributed by atoms with E-state index in [4.69, 9.17) is 0 Å². The van der Waals surface area contributed by atoms with Gasteiger partial charge >= 0.3 is 0 Å². The van der Waals surface area contributed by atoms with Crippen LogP contribution in [0, 0.1) is 29.1 Å². The molecule has 2 aromatic carbocycles. The van der Waals surface area contributed by atoms with Gasteiger partial charge < -0.3 is 10.2 Å². The largest absolute Gasteiger partial charge is 0.508 e. The number of benzene rings is 2. The van der Waals surface area contributed by atoms with E-state index in [-0.39, 0.29) is 5.56 Å². The van der Waals surface area contributed by atoms with Crippen LogP contribution < -0.4 is 0 Å². The number of rotatable bonds is 5. The molecule has 0 bridgehead atoms. The van der Waals surface area contributed by atoms with Gasteiger partial charge in [-0.25, -0.2) is 30.4 Å². The maximum absolute atomic E-state index is 14.0. The Morgan fingerprint density at radius 2 is 1.30 bits per heavy atom. The molecule has 3 rings (SSSR count). The third-order valence-electron chi connectivity index (χ3n) is 3.99. The minimum Gasteiger partial charge on any atom is -0.508 e. The molecule has 0 aliphatic heterocycles. The van der Waals surface area contributed by atoms with Crippen LogP contribution in [0.5, 0.6) is 11.5 Å². The highest BCUT2D eigenvalue weighted by molar-refractivity contribution is 7.89. The van der Waals surface area contributed by atoms with E-state index in [0.717, 1.165) is 18.2 Å². The van der Waals surface area contributed by atoms with Crippen molar-refractivity contribution in [2.24, 2.45) is 0 Å². The van der Waals surface area contributed by atoms with E-state index >= 15 is 0 Å². The molecule has 27 heavy (non-hydrogen) atoms. The van der Waals surface area contributed by atoms with Gasteiger partial charge in [-0.3, -0.25) is 0 Å². The number of aromatic hydroxyl groups is 2. The number of hydrogen-bond donors (Lipinski definition) is 2. The van der Waals surface area contributed by atoms with E-state index in [2.05, 4.69) is 0 Å². The lowest BCUT2D eigenvalue weighted by Gasteiger charge is -2.23. The maximum atomic E-state index is 14.0. The molecule has 0 aromatic heterocycles. The summed E-state index contributed by atoms with van der Waals surface area (Å²) in [6, 6.07) is 2.46. The third-order valence-corrected chi connectivity index (χ3v) is 5.91.